The minimum atomic E-state index is -0.598. The van der Waals surface area contributed by atoms with Crippen LogP contribution in [0.4, 0.5) is 0 Å². The van der Waals surface area contributed by atoms with E-state index < -0.39 is 11.2 Å². The van der Waals surface area contributed by atoms with Crippen LogP contribution in [0.2, 0.25) is 0 Å². The van der Waals surface area contributed by atoms with Gasteiger partial charge in [0.1, 0.15) is 6.04 Å². The van der Waals surface area contributed by atoms with Crippen LogP contribution in [-0.4, -0.2) is 62.5 Å². The fraction of sp³-hybridized carbons (Fsp3) is 0.591. The molecule has 0 radical (unpaired) electrons. The van der Waals surface area contributed by atoms with E-state index in [1.807, 2.05) is 27.7 Å². The van der Waals surface area contributed by atoms with Gasteiger partial charge in [-0.15, -0.1) is 0 Å². The molecule has 1 amide bonds. The predicted octanol–water partition coefficient (Wildman–Crippen LogP) is 1.53. The number of hydrogen-bond donors (Lipinski definition) is 1. The summed E-state index contributed by atoms with van der Waals surface area (Å²) in [5, 5.41) is 9.61. The van der Waals surface area contributed by atoms with Gasteiger partial charge in [-0.2, -0.15) is 5.26 Å². The Kier molecular flexibility index (Phi) is 6.60. The monoisotopic (exact) mass is 426 g/mol. The molecule has 3 heterocycles. The van der Waals surface area contributed by atoms with Gasteiger partial charge in [-0.05, 0) is 24.8 Å². The first-order chi connectivity index (χ1) is 14.7. The molecule has 1 N–H and O–H groups in total. The van der Waals surface area contributed by atoms with Crippen LogP contribution in [-0.2, 0) is 6.54 Å². The summed E-state index contributed by atoms with van der Waals surface area (Å²) in [7, 11) is 0. The zero-order valence-electron chi connectivity index (χ0n) is 18.8. The summed E-state index contributed by atoms with van der Waals surface area (Å²) in [5.74, 6) is -0.0249. The molecule has 1 atom stereocenters. The van der Waals surface area contributed by atoms with Gasteiger partial charge in [0.05, 0.1) is 17.0 Å². The molecule has 166 valence electrons. The average molecular weight is 427 g/mol. The number of nitrogens with zero attached hydrogens (tertiary/aromatic N) is 5. The maximum Gasteiger partial charge on any atom is 0.329 e. The highest BCUT2D eigenvalue weighted by atomic mass is 16.2. The van der Waals surface area contributed by atoms with Crippen LogP contribution in [0.5, 0.6) is 0 Å². The predicted molar refractivity (Wildman–Crippen MR) is 118 cm³/mol. The van der Waals surface area contributed by atoms with Crippen molar-refractivity contribution in [1.82, 2.24) is 24.3 Å². The summed E-state index contributed by atoms with van der Waals surface area (Å²) in [5.41, 5.74) is 0.0432. The quantitative estimate of drug-likeness (QED) is 0.775. The van der Waals surface area contributed by atoms with Crippen LogP contribution in [0.3, 0.4) is 0 Å². The van der Waals surface area contributed by atoms with Crippen LogP contribution >= 0.6 is 0 Å². The summed E-state index contributed by atoms with van der Waals surface area (Å²) in [6.45, 7) is 12.2. The standard InChI is InChI=1S/C22H30N6O3/c1-6-28-19-18(20(29)25-22(28)31)15(11-16(24-19)13(2)3)21(30)27-9-7-26(8-10-27)17(12-23)14(4)5/h11,13-14,17H,6-10H2,1-5H3,(H,25,29,31). The Morgan fingerprint density at radius 2 is 1.84 bits per heavy atom. The number of hydrogen-bond acceptors (Lipinski definition) is 6. The lowest BCUT2D eigenvalue weighted by atomic mass is 10.0. The van der Waals surface area contributed by atoms with Gasteiger partial charge in [0, 0.05) is 38.4 Å². The van der Waals surface area contributed by atoms with Gasteiger partial charge in [0.15, 0.2) is 5.65 Å². The Labute approximate surface area is 181 Å². The van der Waals surface area contributed by atoms with E-state index in [0.29, 0.717) is 38.4 Å². The second-order valence-corrected chi connectivity index (χ2v) is 8.60. The molecule has 1 unspecified atom stereocenters. The molecule has 1 fully saturated rings. The summed E-state index contributed by atoms with van der Waals surface area (Å²) in [6.07, 6.45) is 0. The number of carbonyl (C=O) groups is 1. The zero-order valence-corrected chi connectivity index (χ0v) is 18.8. The smallest absolute Gasteiger partial charge is 0.329 e. The van der Waals surface area contributed by atoms with Gasteiger partial charge in [-0.1, -0.05) is 27.7 Å². The molecule has 0 saturated carbocycles. The number of nitrogens with one attached hydrogen (secondary N) is 1. The zero-order chi connectivity index (χ0) is 22.9. The van der Waals surface area contributed by atoms with Gasteiger partial charge in [-0.3, -0.25) is 24.0 Å². The molecule has 1 saturated heterocycles. The minimum Gasteiger partial charge on any atom is -0.336 e. The highest BCUT2D eigenvalue weighted by Gasteiger charge is 2.30. The van der Waals surface area contributed by atoms with E-state index in [1.165, 1.54) is 4.57 Å². The number of amides is 1. The lowest BCUT2D eigenvalue weighted by Gasteiger charge is -2.38. The van der Waals surface area contributed by atoms with Crippen molar-refractivity contribution in [3.05, 3.63) is 38.2 Å². The van der Waals surface area contributed by atoms with Crippen molar-refractivity contribution in [1.29, 1.82) is 5.26 Å². The summed E-state index contributed by atoms with van der Waals surface area (Å²) in [6, 6.07) is 3.84. The number of aryl methyl sites for hydroxylation is 1. The second-order valence-electron chi connectivity index (χ2n) is 8.60. The molecule has 2 aromatic heterocycles. The third-order valence-electron chi connectivity index (χ3n) is 5.87. The average Bonchev–Trinajstić information content (AvgIpc) is 2.73. The fourth-order valence-electron chi connectivity index (χ4n) is 4.08. The molecule has 0 spiro atoms. The topological polar surface area (TPSA) is 115 Å². The van der Waals surface area contributed by atoms with Crippen LogP contribution in [0.25, 0.3) is 11.0 Å². The first kappa shape index (κ1) is 22.7. The first-order valence-corrected chi connectivity index (χ1v) is 10.8. The molecule has 9 nitrogen and oxygen atoms in total. The number of pyridine rings is 1. The number of aromatic nitrogens is 3. The molecular formula is C22H30N6O3. The minimum absolute atomic E-state index is 0.0231. The summed E-state index contributed by atoms with van der Waals surface area (Å²) < 4.78 is 1.39. The van der Waals surface area contributed by atoms with Crippen molar-refractivity contribution in [2.24, 2.45) is 5.92 Å². The normalized spacial score (nSPS) is 16.1. The SMILES string of the molecule is CCn1c(=O)[nH]c(=O)c2c(C(=O)N3CCN(C(C#N)C(C)C)CC3)cc(C(C)C)nc21. The lowest BCUT2D eigenvalue weighted by molar-refractivity contribution is 0.0578. The van der Waals surface area contributed by atoms with Crippen molar-refractivity contribution < 1.29 is 4.79 Å². The molecule has 3 rings (SSSR count). The van der Waals surface area contributed by atoms with E-state index in [4.69, 9.17) is 0 Å². The van der Waals surface area contributed by atoms with Gasteiger partial charge < -0.3 is 4.90 Å². The second kappa shape index (κ2) is 9.02. The van der Waals surface area contributed by atoms with E-state index in [-0.39, 0.29) is 40.4 Å². The van der Waals surface area contributed by atoms with Gasteiger partial charge in [0.2, 0.25) is 0 Å². The van der Waals surface area contributed by atoms with Crippen molar-refractivity contribution in [2.45, 2.75) is 53.1 Å². The highest BCUT2D eigenvalue weighted by Crippen LogP contribution is 2.22. The number of carbonyl (C=O) groups excluding carboxylic acids is 1. The molecule has 1 aliphatic heterocycles. The number of fused-ring (bicyclic) bond motifs is 1. The number of H-pyrrole nitrogens is 1. The van der Waals surface area contributed by atoms with Gasteiger partial charge in [0.25, 0.3) is 11.5 Å². The van der Waals surface area contributed by atoms with Gasteiger partial charge in [-0.25, -0.2) is 9.78 Å². The Morgan fingerprint density at radius 3 is 2.35 bits per heavy atom. The molecule has 0 bridgehead atoms. The molecule has 9 heteroatoms. The van der Waals surface area contributed by atoms with Gasteiger partial charge >= 0.3 is 5.69 Å². The van der Waals surface area contributed by atoms with Crippen LogP contribution in [0, 0.1) is 17.2 Å². The number of aromatic amines is 1. The Balaban J connectivity index is 2.03. The van der Waals surface area contributed by atoms with Crippen molar-refractivity contribution in [3.63, 3.8) is 0 Å². The summed E-state index contributed by atoms with van der Waals surface area (Å²) >= 11 is 0. The van der Waals surface area contributed by atoms with Crippen molar-refractivity contribution in [3.8, 4) is 6.07 Å². The molecule has 31 heavy (non-hydrogen) atoms. The Morgan fingerprint density at radius 1 is 1.19 bits per heavy atom. The maximum absolute atomic E-state index is 13.5. The number of nitriles is 1. The number of piperazine rings is 1. The first-order valence-electron chi connectivity index (χ1n) is 10.8. The van der Waals surface area contributed by atoms with Crippen LogP contribution < -0.4 is 11.2 Å². The molecule has 0 aliphatic carbocycles. The highest BCUT2D eigenvalue weighted by molar-refractivity contribution is 6.05. The fourth-order valence-corrected chi connectivity index (χ4v) is 4.08. The van der Waals surface area contributed by atoms with E-state index in [9.17, 15) is 19.6 Å². The van der Waals surface area contributed by atoms with E-state index in [2.05, 4.69) is 20.9 Å². The third-order valence-corrected chi connectivity index (χ3v) is 5.87. The Hall–Kier alpha value is -2.99. The van der Waals surface area contributed by atoms with Crippen molar-refractivity contribution in [2.75, 3.05) is 26.2 Å². The lowest BCUT2D eigenvalue weighted by Crippen LogP contribution is -2.53. The maximum atomic E-state index is 13.5. The molecule has 1 aliphatic rings. The van der Waals surface area contributed by atoms with E-state index in [1.54, 1.807) is 17.9 Å². The molecule has 2 aromatic rings. The summed E-state index contributed by atoms with van der Waals surface area (Å²) in [4.78, 5) is 49.1. The third kappa shape index (κ3) is 4.26. The number of rotatable bonds is 5. The van der Waals surface area contributed by atoms with Crippen LogP contribution in [0.15, 0.2) is 15.7 Å². The van der Waals surface area contributed by atoms with E-state index >= 15 is 0 Å². The molecular weight excluding hydrogens is 396 g/mol. The largest absolute Gasteiger partial charge is 0.336 e. The Bertz CT molecular complexity index is 1130. The molecule has 0 aromatic carbocycles. The van der Waals surface area contributed by atoms with E-state index in [0.717, 1.165) is 0 Å². The van der Waals surface area contributed by atoms with Crippen LogP contribution in [0.1, 0.15) is 56.6 Å². The van der Waals surface area contributed by atoms with Crippen molar-refractivity contribution >= 4 is 16.9 Å².